The Morgan fingerprint density at radius 1 is 1.31 bits per heavy atom. The molecule has 0 fully saturated rings. The van der Waals surface area contributed by atoms with E-state index in [1.807, 2.05) is 17.7 Å². The van der Waals surface area contributed by atoms with Gasteiger partial charge in [-0.3, -0.25) is 0 Å². The summed E-state index contributed by atoms with van der Waals surface area (Å²) >= 11 is 0. The van der Waals surface area contributed by atoms with Crippen LogP contribution in [-0.4, -0.2) is 34.7 Å². The van der Waals surface area contributed by atoms with E-state index in [9.17, 15) is 9.59 Å². The van der Waals surface area contributed by atoms with Crippen molar-refractivity contribution in [3.8, 4) is 0 Å². The zero-order valence-corrected chi connectivity index (χ0v) is 15.9. The molecule has 1 aromatic carbocycles. The van der Waals surface area contributed by atoms with Crippen molar-refractivity contribution in [2.75, 3.05) is 12.4 Å². The molecule has 0 aliphatic heterocycles. The Hall–Kier alpha value is -2.83. The van der Waals surface area contributed by atoms with Crippen LogP contribution in [0.5, 0.6) is 0 Å². The summed E-state index contributed by atoms with van der Waals surface area (Å²) in [6.45, 7) is 8.68. The fourth-order valence-corrected chi connectivity index (χ4v) is 2.46. The normalized spacial score (nSPS) is 12.3. The smallest absolute Gasteiger partial charge is 0.337 e. The minimum atomic E-state index is -0.443. The molecule has 26 heavy (non-hydrogen) atoms. The van der Waals surface area contributed by atoms with Crippen molar-refractivity contribution in [2.24, 2.45) is 5.41 Å². The van der Waals surface area contributed by atoms with Crippen molar-refractivity contribution in [2.45, 2.75) is 40.3 Å². The quantitative estimate of drug-likeness (QED) is 0.804. The molecule has 7 nitrogen and oxygen atoms in total. The highest BCUT2D eigenvalue weighted by atomic mass is 16.5. The molecule has 140 valence electrons. The third-order valence-corrected chi connectivity index (χ3v) is 4.21. The van der Waals surface area contributed by atoms with Crippen LogP contribution in [0.2, 0.25) is 0 Å². The molecule has 2 aromatic rings. The second-order valence-electron chi connectivity index (χ2n) is 7.30. The maximum Gasteiger partial charge on any atom is 0.337 e. The zero-order valence-electron chi connectivity index (χ0n) is 15.9. The summed E-state index contributed by atoms with van der Waals surface area (Å²) in [7, 11) is 1.33. The molecule has 0 unspecified atom stereocenters. The fraction of sp³-hybridized carbons (Fsp3) is 0.421. The van der Waals surface area contributed by atoms with Crippen LogP contribution in [0.3, 0.4) is 0 Å². The summed E-state index contributed by atoms with van der Waals surface area (Å²) in [5.74, 6) is -0.443. The molecule has 1 aromatic heterocycles. The topological polar surface area (TPSA) is 85.2 Å². The number of urea groups is 1. The minimum absolute atomic E-state index is 0.110. The van der Waals surface area contributed by atoms with Gasteiger partial charge < -0.3 is 19.9 Å². The van der Waals surface area contributed by atoms with Gasteiger partial charge in [-0.05, 0) is 30.0 Å². The Kier molecular flexibility index (Phi) is 6.02. The van der Waals surface area contributed by atoms with Crippen LogP contribution >= 0.6 is 0 Å². The first-order valence-corrected chi connectivity index (χ1v) is 8.43. The van der Waals surface area contributed by atoms with Crippen LogP contribution in [0.15, 0.2) is 36.9 Å². The van der Waals surface area contributed by atoms with E-state index < -0.39 is 5.97 Å². The molecule has 7 heteroatoms. The summed E-state index contributed by atoms with van der Waals surface area (Å²) in [5, 5.41) is 5.85. The Labute approximate surface area is 153 Å². The fourth-order valence-electron chi connectivity index (χ4n) is 2.46. The molecule has 0 bridgehead atoms. The molecule has 0 saturated heterocycles. The number of ether oxygens (including phenoxy) is 1. The average molecular weight is 358 g/mol. The number of esters is 1. The predicted octanol–water partition coefficient (Wildman–Crippen LogP) is 3.21. The molecule has 1 heterocycles. The first-order valence-electron chi connectivity index (χ1n) is 8.43. The molecule has 0 aliphatic rings. The standard InChI is InChI=1S/C19H26N4O3/c1-13-6-7-14(17(24)26-5)10-15(13)21-18(25)22-16(19(2,3)4)11-23-9-8-20-12-23/h6-10,12,16H,11H2,1-5H3,(H2,21,22,25)/t16-/m0/s1. The Morgan fingerprint density at radius 2 is 2.04 bits per heavy atom. The van der Waals surface area contributed by atoms with Crippen molar-refractivity contribution in [1.82, 2.24) is 14.9 Å². The van der Waals surface area contributed by atoms with Crippen molar-refractivity contribution < 1.29 is 14.3 Å². The van der Waals surface area contributed by atoms with Gasteiger partial charge in [-0.25, -0.2) is 14.6 Å². The highest BCUT2D eigenvalue weighted by molar-refractivity contribution is 5.94. The number of imidazole rings is 1. The molecule has 2 N–H and O–H groups in total. The average Bonchev–Trinajstić information content (AvgIpc) is 3.08. The number of hydrogen-bond donors (Lipinski definition) is 2. The van der Waals surface area contributed by atoms with Gasteiger partial charge in [0.15, 0.2) is 0 Å². The number of hydrogen-bond acceptors (Lipinski definition) is 4. The van der Waals surface area contributed by atoms with Gasteiger partial charge in [0.05, 0.1) is 25.0 Å². The number of benzene rings is 1. The molecular weight excluding hydrogens is 332 g/mol. The van der Waals surface area contributed by atoms with E-state index in [0.29, 0.717) is 17.8 Å². The van der Waals surface area contributed by atoms with Gasteiger partial charge in [0.1, 0.15) is 0 Å². The SMILES string of the molecule is COC(=O)c1ccc(C)c(NC(=O)N[C@@H](Cn2ccnc2)C(C)(C)C)c1. The van der Waals surface area contributed by atoms with Crippen molar-refractivity contribution >= 4 is 17.7 Å². The van der Waals surface area contributed by atoms with E-state index in [1.165, 1.54) is 7.11 Å². The third kappa shape index (κ3) is 5.08. The molecule has 0 saturated carbocycles. The van der Waals surface area contributed by atoms with Gasteiger partial charge >= 0.3 is 12.0 Å². The Morgan fingerprint density at radius 3 is 2.62 bits per heavy atom. The number of carbonyl (C=O) groups excluding carboxylic acids is 2. The molecule has 0 spiro atoms. The number of nitrogens with zero attached hydrogens (tertiary/aromatic N) is 2. The number of aryl methyl sites for hydroxylation is 1. The van der Waals surface area contributed by atoms with E-state index in [-0.39, 0.29) is 17.5 Å². The lowest BCUT2D eigenvalue weighted by Gasteiger charge is -2.31. The Bertz CT molecular complexity index is 764. The molecule has 0 aliphatic carbocycles. The maximum absolute atomic E-state index is 12.5. The lowest BCUT2D eigenvalue weighted by molar-refractivity contribution is 0.0600. The van der Waals surface area contributed by atoms with Crippen LogP contribution in [0.25, 0.3) is 0 Å². The minimum Gasteiger partial charge on any atom is -0.465 e. The van der Waals surface area contributed by atoms with Gasteiger partial charge in [0.2, 0.25) is 0 Å². The van der Waals surface area contributed by atoms with E-state index >= 15 is 0 Å². The number of rotatable bonds is 5. The summed E-state index contributed by atoms with van der Waals surface area (Å²) in [6, 6.07) is 4.62. The van der Waals surface area contributed by atoms with Gasteiger partial charge in [-0.15, -0.1) is 0 Å². The number of aromatic nitrogens is 2. The van der Waals surface area contributed by atoms with Gasteiger partial charge in [-0.2, -0.15) is 0 Å². The molecule has 1 atom stereocenters. The van der Waals surface area contributed by atoms with Crippen molar-refractivity contribution in [3.63, 3.8) is 0 Å². The van der Waals surface area contributed by atoms with Crippen LogP contribution in [0.4, 0.5) is 10.5 Å². The maximum atomic E-state index is 12.5. The summed E-state index contributed by atoms with van der Waals surface area (Å²) in [6.07, 6.45) is 5.30. The van der Waals surface area contributed by atoms with Crippen LogP contribution in [0.1, 0.15) is 36.7 Å². The second-order valence-corrected chi connectivity index (χ2v) is 7.30. The lowest BCUT2D eigenvalue weighted by Crippen LogP contribution is -2.47. The molecule has 2 rings (SSSR count). The first kappa shape index (κ1) is 19.5. The number of anilines is 1. The highest BCUT2D eigenvalue weighted by Crippen LogP contribution is 2.22. The van der Waals surface area contributed by atoms with Gasteiger partial charge in [0.25, 0.3) is 0 Å². The van der Waals surface area contributed by atoms with E-state index in [0.717, 1.165) is 5.56 Å². The third-order valence-electron chi connectivity index (χ3n) is 4.21. The van der Waals surface area contributed by atoms with Crippen LogP contribution in [-0.2, 0) is 11.3 Å². The number of methoxy groups -OCH3 is 1. The van der Waals surface area contributed by atoms with Gasteiger partial charge in [0, 0.05) is 24.6 Å². The summed E-state index contributed by atoms with van der Waals surface area (Å²) < 4.78 is 6.66. The summed E-state index contributed by atoms with van der Waals surface area (Å²) in [4.78, 5) is 28.3. The van der Waals surface area contributed by atoms with Crippen LogP contribution < -0.4 is 10.6 Å². The predicted molar refractivity (Wildman–Crippen MR) is 100 cm³/mol. The van der Waals surface area contributed by atoms with Crippen molar-refractivity contribution in [1.29, 1.82) is 0 Å². The molecule has 0 radical (unpaired) electrons. The lowest BCUT2D eigenvalue weighted by atomic mass is 9.86. The van der Waals surface area contributed by atoms with Gasteiger partial charge in [-0.1, -0.05) is 26.8 Å². The largest absolute Gasteiger partial charge is 0.465 e. The number of nitrogens with one attached hydrogen (secondary N) is 2. The number of carbonyl (C=O) groups is 2. The second kappa shape index (κ2) is 8.03. The number of amides is 2. The zero-order chi connectivity index (χ0) is 19.3. The van der Waals surface area contributed by atoms with E-state index in [1.54, 1.807) is 30.7 Å². The molecular formula is C19H26N4O3. The summed E-state index contributed by atoms with van der Waals surface area (Å²) in [5.41, 5.74) is 1.67. The molecule has 2 amide bonds. The van der Waals surface area contributed by atoms with E-state index in [2.05, 4.69) is 36.4 Å². The highest BCUT2D eigenvalue weighted by Gasteiger charge is 2.26. The van der Waals surface area contributed by atoms with E-state index in [4.69, 9.17) is 4.74 Å². The van der Waals surface area contributed by atoms with Crippen LogP contribution in [0, 0.1) is 12.3 Å². The first-order chi connectivity index (χ1) is 12.2. The monoisotopic (exact) mass is 358 g/mol. The van der Waals surface area contributed by atoms with Crippen molar-refractivity contribution in [3.05, 3.63) is 48.0 Å². The Balaban J connectivity index is 2.11.